The molecule has 1 saturated heterocycles. The third-order valence-electron chi connectivity index (χ3n) is 4.40. The highest BCUT2D eigenvalue weighted by Gasteiger charge is 2.25. The van der Waals surface area contributed by atoms with Crippen LogP contribution in [0.1, 0.15) is 23.2 Å². The molecule has 1 fully saturated rings. The number of amides is 2. The Balaban J connectivity index is 1.82. The van der Waals surface area contributed by atoms with Crippen LogP contribution in [0.2, 0.25) is 0 Å². The van der Waals surface area contributed by atoms with E-state index in [-0.39, 0.29) is 16.7 Å². The predicted octanol–water partition coefficient (Wildman–Crippen LogP) is 2.32. The Morgan fingerprint density at radius 2 is 1.74 bits per heavy atom. The standard InChI is InChI=1S/C19H21N3O4S/c1-21(2)27(25,26)15-11-9-14(10-12-15)20-19(24)16-6-3-4-7-17(16)22-13-5-8-18(22)23/h3-4,6-7,9-12H,5,8,13H2,1-2H3,(H,20,24). The van der Waals surface area contributed by atoms with Crippen LogP contribution in [0, 0.1) is 0 Å². The van der Waals surface area contributed by atoms with Crippen molar-refractivity contribution in [1.82, 2.24) is 4.31 Å². The van der Waals surface area contributed by atoms with Crippen molar-refractivity contribution < 1.29 is 18.0 Å². The minimum Gasteiger partial charge on any atom is -0.322 e. The summed E-state index contributed by atoms with van der Waals surface area (Å²) in [6.45, 7) is 0.597. The van der Waals surface area contributed by atoms with Crippen LogP contribution in [0.5, 0.6) is 0 Å². The molecule has 2 amide bonds. The molecule has 3 rings (SSSR count). The van der Waals surface area contributed by atoms with Crippen molar-refractivity contribution >= 4 is 33.2 Å². The largest absolute Gasteiger partial charge is 0.322 e. The molecule has 1 aliphatic heterocycles. The van der Waals surface area contributed by atoms with Crippen LogP contribution < -0.4 is 10.2 Å². The Labute approximate surface area is 158 Å². The van der Waals surface area contributed by atoms with Gasteiger partial charge in [-0.15, -0.1) is 0 Å². The summed E-state index contributed by atoms with van der Waals surface area (Å²) in [6.07, 6.45) is 1.26. The van der Waals surface area contributed by atoms with Crippen molar-refractivity contribution in [3.05, 3.63) is 54.1 Å². The molecular formula is C19H21N3O4S. The summed E-state index contributed by atoms with van der Waals surface area (Å²) in [6, 6.07) is 12.9. The minimum absolute atomic E-state index is 0.00787. The lowest BCUT2D eigenvalue weighted by Crippen LogP contribution is -2.27. The number of para-hydroxylation sites is 1. The number of anilines is 2. The number of hydrogen-bond acceptors (Lipinski definition) is 4. The summed E-state index contributed by atoms with van der Waals surface area (Å²) in [5.41, 5.74) is 1.46. The number of hydrogen-bond donors (Lipinski definition) is 1. The van der Waals surface area contributed by atoms with Gasteiger partial charge in [-0.05, 0) is 42.8 Å². The number of nitrogens with one attached hydrogen (secondary N) is 1. The molecule has 1 N–H and O–H groups in total. The van der Waals surface area contributed by atoms with E-state index >= 15 is 0 Å². The van der Waals surface area contributed by atoms with E-state index in [9.17, 15) is 18.0 Å². The highest BCUT2D eigenvalue weighted by atomic mass is 32.2. The topological polar surface area (TPSA) is 86.8 Å². The number of benzene rings is 2. The molecule has 0 atom stereocenters. The Morgan fingerprint density at radius 1 is 1.07 bits per heavy atom. The Kier molecular flexibility index (Phi) is 5.29. The summed E-state index contributed by atoms with van der Waals surface area (Å²) in [5.74, 6) is -0.345. The van der Waals surface area contributed by atoms with Gasteiger partial charge in [-0.25, -0.2) is 12.7 Å². The van der Waals surface area contributed by atoms with Gasteiger partial charge in [0.2, 0.25) is 15.9 Å². The molecule has 2 aromatic carbocycles. The van der Waals surface area contributed by atoms with Gasteiger partial charge < -0.3 is 10.2 Å². The second-order valence-electron chi connectivity index (χ2n) is 6.43. The molecule has 1 aliphatic rings. The summed E-state index contributed by atoms with van der Waals surface area (Å²) in [7, 11) is -0.602. The van der Waals surface area contributed by atoms with E-state index in [0.29, 0.717) is 29.9 Å². The van der Waals surface area contributed by atoms with Crippen molar-refractivity contribution in [3.8, 4) is 0 Å². The van der Waals surface area contributed by atoms with Crippen LogP contribution in [0.25, 0.3) is 0 Å². The third kappa shape index (κ3) is 3.86. The van der Waals surface area contributed by atoms with Gasteiger partial charge in [0, 0.05) is 32.7 Å². The monoisotopic (exact) mass is 387 g/mol. The van der Waals surface area contributed by atoms with Gasteiger partial charge in [0.1, 0.15) is 0 Å². The molecule has 8 heteroatoms. The van der Waals surface area contributed by atoms with E-state index in [0.717, 1.165) is 10.7 Å². The van der Waals surface area contributed by atoms with Crippen molar-refractivity contribution in [1.29, 1.82) is 0 Å². The van der Waals surface area contributed by atoms with E-state index in [2.05, 4.69) is 5.32 Å². The molecule has 0 unspecified atom stereocenters. The SMILES string of the molecule is CN(C)S(=O)(=O)c1ccc(NC(=O)c2ccccc2N2CCCC2=O)cc1. The number of carbonyl (C=O) groups excluding carboxylic acids is 2. The van der Waals surface area contributed by atoms with Crippen molar-refractivity contribution in [2.45, 2.75) is 17.7 Å². The fourth-order valence-electron chi connectivity index (χ4n) is 2.92. The van der Waals surface area contributed by atoms with Crippen LogP contribution in [-0.2, 0) is 14.8 Å². The van der Waals surface area contributed by atoms with Crippen LogP contribution in [0.3, 0.4) is 0 Å². The van der Waals surface area contributed by atoms with Gasteiger partial charge in [0.05, 0.1) is 16.1 Å². The van der Waals surface area contributed by atoms with E-state index in [1.165, 1.54) is 38.4 Å². The van der Waals surface area contributed by atoms with Gasteiger partial charge in [-0.2, -0.15) is 0 Å². The number of sulfonamides is 1. The Hall–Kier alpha value is -2.71. The number of rotatable bonds is 5. The lowest BCUT2D eigenvalue weighted by Gasteiger charge is -2.19. The second-order valence-corrected chi connectivity index (χ2v) is 8.58. The first-order chi connectivity index (χ1) is 12.8. The van der Waals surface area contributed by atoms with E-state index in [4.69, 9.17) is 0 Å². The Bertz CT molecular complexity index is 969. The maximum atomic E-state index is 12.7. The Morgan fingerprint density at radius 3 is 2.33 bits per heavy atom. The summed E-state index contributed by atoms with van der Waals surface area (Å²) < 4.78 is 25.3. The molecule has 0 bridgehead atoms. The average molecular weight is 387 g/mol. The van der Waals surface area contributed by atoms with Gasteiger partial charge in [0.15, 0.2) is 0 Å². The van der Waals surface area contributed by atoms with E-state index in [1.807, 2.05) is 0 Å². The number of nitrogens with zero attached hydrogens (tertiary/aromatic N) is 2. The lowest BCUT2D eigenvalue weighted by molar-refractivity contribution is -0.117. The van der Waals surface area contributed by atoms with Crippen molar-refractivity contribution in [3.63, 3.8) is 0 Å². The maximum absolute atomic E-state index is 12.7. The van der Waals surface area contributed by atoms with Gasteiger partial charge in [-0.3, -0.25) is 9.59 Å². The molecular weight excluding hydrogens is 366 g/mol. The van der Waals surface area contributed by atoms with Crippen molar-refractivity contribution in [2.75, 3.05) is 30.9 Å². The van der Waals surface area contributed by atoms with Gasteiger partial charge in [0.25, 0.3) is 5.91 Å². The van der Waals surface area contributed by atoms with Crippen LogP contribution in [-0.4, -0.2) is 45.2 Å². The fourth-order valence-corrected chi connectivity index (χ4v) is 3.83. The molecule has 0 aromatic heterocycles. The molecule has 0 spiro atoms. The third-order valence-corrected chi connectivity index (χ3v) is 6.23. The quantitative estimate of drug-likeness (QED) is 0.853. The van der Waals surface area contributed by atoms with Crippen LogP contribution >= 0.6 is 0 Å². The zero-order valence-corrected chi connectivity index (χ0v) is 16.0. The molecule has 0 radical (unpaired) electrons. The lowest BCUT2D eigenvalue weighted by atomic mass is 10.1. The van der Waals surface area contributed by atoms with Crippen LogP contribution in [0.4, 0.5) is 11.4 Å². The highest BCUT2D eigenvalue weighted by molar-refractivity contribution is 7.89. The smallest absolute Gasteiger partial charge is 0.257 e. The minimum atomic E-state index is -3.52. The fraction of sp³-hybridized carbons (Fsp3) is 0.263. The zero-order chi connectivity index (χ0) is 19.6. The summed E-state index contributed by atoms with van der Waals surface area (Å²) in [5, 5.41) is 2.76. The van der Waals surface area contributed by atoms with E-state index in [1.54, 1.807) is 29.2 Å². The highest BCUT2D eigenvalue weighted by Crippen LogP contribution is 2.26. The molecule has 0 aliphatic carbocycles. The normalized spacial score (nSPS) is 14.6. The zero-order valence-electron chi connectivity index (χ0n) is 15.2. The average Bonchev–Trinajstić information content (AvgIpc) is 3.08. The molecule has 7 nitrogen and oxygen atoms in total. The van der Waals surface area contributed by atoms with E-state index < -0.39 is 10.0 Å². The second kappa shape index (κ2) is 7.50. The summed E-state index contributed by atoms with van der Waals surface area (Å²) >= 11 is 0. The number of carbonyl (C=O) groups is 2. The molecule has 0 saturated carbocycles. The van der Waals surface area contributed by atoms with Gasteiger partial charge in [-0.1, -0.05) is 12.1 Å². The van der Waals surface area contributed by atoms with Crippen LogP contribution in [0.15, 0.2) is 53.4 Å². The van der Waals surface area contributed by atoms with Gasteiger partial charge >= 0.3 is 0 Å². The predicted molar refractivity (Wildman–Crippen MR) is 103 cm³/mol. The molecule has 142 valence electrons. The first-order valence-corrected chi connectivity index (χ1v) is 9.98. The first kappa shape index (κ1) is 19.1. The molecule has 1 heterocycles. The van der Waals surface area contributed by atoms with Crippen molar-refractivity contribution in [2.24, 2.45) is 0 Å². The molecule has 2 aromatic rings. The summed E-state index contributed by atoms with van der Waals surface area (Å²) in [4.78, 5) is 26.5. The first-order valence-electron chi connectivity index (χ1n) is 8.54. The maximum Gasteiger partial charge on any atom is 0.257 e. The molecule has 27 heavy (non-hydrogen) atoms.